The number of allylic oxidation sites excluding steroid dienone is 10. The van der Waals surface area contributed by atoms with Crippen molar-refractivity contribution in [2.75, 3.05) is 13.1 Å². The SMILES string of the molecule is O=C1C=CC=C/C1=C/NCCN/C=C1/C=CC=CC1=O.[Cu]. The molecule has 5 heteroatoms. The molecule has 0 unspecified atom stereocenters. The predicted octanol–water partition coefficient (Wildman–Crippen LogP) is 1.32. The molecule has 0 atom stereocenters. The normalized spacial score (nSPS) is 20.0. The maximum atomic E-state index is 11.4. The first-order valence-electron chi connectivity index (χ1n) is 6.42. The van der Waals surface area contributed by atoms with Crippen LogP contribution in [-0.4, -0.2) is 24.7 Å². The summed E-state index contributed by atoms with van der Waals surface area (Å²) in [5.41, 5.74) is 1.28. The Kier molecular flexibility index (Phi) is 7.22. The molecule has 0 spiro atoms. The quantitative estimate of drug-likeness (QED) is 0.453. The minimum absolute atomic E-state index is 0. The van der Waals surface area contributed by atoms with Gasteiger partial charge < -0.3 is 10.6 Å². The van der Waals surface area contributed by atoms with E-state index in [9.17, 15) is 9.59 Å². The maximum Gasteiger partial charge on any atom is 0.187 e. The molecule has 0 bridgehead atoms. The molecule has 0 aromatic heterocycles. The van der Waals surface area contributed by atoms with E-state index in [1.165, 1.54) is 12.2 Å². The molecule has 2 aliphatic rings. The molecule has 0 amide bonds. The number of hydrogen-bond donors (Lipinski definition) is 2. The molecule has 2 rings (SSSR count). The van der Waals surface area contributed by atoms with Gasteiger partial charge in [0.15, 0.2) is 11.6 Å². The summed E-state index contributed by atoms with van der Waals surface area (Å²) in [6, 6.07) is 0. The first-order valence-corrected chi connectivity index (χ1v) is 6.42. The third-order valence-electron chi connectivity index (χ3n) is 2.77. The molecule has 113 valence electrons. The summed E-state index contributed by atoms with van der Waals surface area (Å²) in [6.07, 6.45) is 17.1. The van der Waals surface area contributed by atoms with Gasteiger partial charge in [0.05, 0.1) is 0 Å². The number of hydrogen-bond acceptors (Lipinski definition) is 4. The molecule has 4 nitrogen and oxygen atoms in total. The molecule has 0 saturated carbocycles. The van der Waals surface area contributed by atoms with Crippen molar-refractivity contribution in [3.8, 4) is 0 Å². The molecule has 0 aromatic carbocycles. The zero-order valence-electron chi connectivity index (χ0n) is 11.3. The molecular weight excluding hydrogens is 316 g/mol. The molecule has 0 aromatic rings. The van der Waals surface area contributed by atoms with Crippen LogP contribution in [0.25, 0.3) is 0 Å². The third kappa shape index (κ3) is 5.42. The van der Waals surface area contributed by atoms with Crippen LogP contribution in [0.3, 0.4) is 0 Å². The molecule has 21 heavy (non-hydrogen) atoms. The minimum Gasteiger partial charge on any atom is -0.389 e. The summed E-state index contributed by atoms with van der Waals surface area (Å²) in [5.74, 6) is -0.000363. The van der Waals surface area contributed by atoms with Crippen LogP contribution in [0, 0.1) is 0 Å². The number of carbonyl (C=O) groups excluding carboxylic acids is 2. The van der Waals surface area contributed by atoms with E-state index in [1.54, 1.807) is 36.7 Å². The molecule has 1 radical (unpaired) electrons. The van der Waals surface area contributed by atoms with E-state index in [0.29, 0.717) is 24.2 Å². The van der Waals surface area contributed by atoms with Gasteiger partial charge in [-0.2, -0.15) is 0 Å². The van der Waals surface area contributed by atoms with Crippen LogP contribution in [-0.2, 0) is 26.7 Å². The second-order valence-corrected chi connectivity index (χ2v) is 4.27. The maximum absolute atomic E-state index is 11.4. The van der Waals surface area contributed by atoms with Crippen LogP contribution >= 0.6 is 0 Å². The fourth-order valence-electron chi connectivity index (χ4n) is 1.71. The average Bonchev–Trinajstić information content (AvgIpc) is 2.46. The zero-order valence-corrected chi connectivity index (χ0v) is 12.2. The monoisotopic (exact) mass is 331 g/mol. The van der Waals surface area contributed by atoms with Gasteiger partial charge in [-0.3, -0.25) is 9.59 Å². The molecule has 2 aliphatic carbocycles. The molecule has 0 fully saturated rings. The van der Waals surface area contributed by atoms with Crippen molar-refractivity contribution in [3.05, 3.63) is 72.2 Å². The van der Waals surface area contributed by atoms with E-state index in [4.69, 9.17) is 0 Å². The Morgan fingerprint density at radius 3 is 1.48 bits per heavy atom. The summed E-state index contributed by atoms with van der Waals surface area (Å²) in [5, 5.41) is 6.12. The van der Waals surface area contributed by atoms with E-state index in [-0.39, 0.29) is 28.6 Å². The molecule has 0 saturated heterocycles. The third-order valence-corrected chi connectivity index (χ3v) is 2.77. The van der Waals surface area contributed by atoms with E-state index in [0.717, 1.165) is 0 Å². The predicted molar refractivity (Wildman–Crippen MR) is 78.7 cm³/mol. The first kappa shape index (κ1) is 17.0. The van der Waals surface area contributed by atoms with Crippen molar-refractivity contribution >= 4 is 11.6 Å². The van der Waals surface area contributed by atoms with E-state index in [2.05, 4.69) is 10.6 Å². The van der Waals surface area contributed by atoms with Crippen molar-refractivity contribution in [3.63, 3.8) is 0 Å². The summed E-state index contributed by atoms with van der Waals surface area (Å²) in [7, 11) is 0. The fourth-order valence-corrected chi connectivity index (χ4v) is 1.71. The topological polar surface area (TPSA) is 58.2 Å². The summed E-state index contributed by atoms with van der Waals surface area (Å²) < 4.78 is 0. The van der Waals surface area contributed by atoms with Crippen molar-refractivity contribution in [2.45, 2.75) is 0 Å². The molecular formula is C16H16CuN2O2. The second-order valence-electron chi connectivity index (χ2n) is 4.27. The largest absolute Gasteiger partial charge is 0.389 e. The van der Waals surface area contributed by atoms with Crippen molar-refractivity contribution in [1.82, 2.24) is 10.6 Å². The Labute approximate surface area is 134 Å². The van der Waals surface area contributed by atoms with Crippen molar-refractivity contribution < 1.29 is 26.7 Å². The Morgan fingerprint density at radius 1 is 0.714 bits per heavy atom. The summed E-state index contributed by atoms with van der Waals surface area (Å²) in [4.78, 5) is 22.9. The second kappa shape index (κ2) is 8.95. The zero-order chi connectivity index (χ0) is 14.2. The Hall–Kier alpha value is -2.10. The number of carbonyl (C=O) groups is 2. The van der Waals surface area contributed by atoms with Crippen LogP contribution < -0.4 is 10.6 Å². The summed E-state index contributed by atoms with van der Waals surface area (Å²) >= 11 is 0. The van der Waals surface area contributed by atoms with Crippen molar-refractivity contribution in [2.24, 2.45) is 0 Å². The summed E-state index contributed by atoms with van der Waals surface area (Å²) in [6.45, 7) is 1.32. The van der Waals surface area contributed by atoms with Gasteiger partial charge in [-0.25, -0.2) is 0 Å². The number of ketones is 2. The van der Waals surface area contributed by atoms with Gasteiger partial charge in [0, 0.05) is 53.7 Å². The first-order chi connectivity index (χ1) is 9.77. The standard InChI is InChI=1S/C16H16N2O2.Cu/c19-15-7-3-1-5-13(15)11-17-9-10-18-12-14-6-2-4-8-16(14)20;/h1-8,11-12,17-18H,9-10H2;/b13-11-,14-12-;. The van der Waals surface area contributed by atoms with Gasteiger partial charge in [-0.15, -0.1) is 0 Å². The number of nitrogens with one attached hydrogen (secondary N) is 2. The van der Waals surface area contributed by atoms with E-state index in [1.807, 2.05) is 12.2 Å². The van der Waals surface area contributed by atoms with Crippen LogP contribution in [0.2, 0.25) is 0 Å². The van der Waals surface area contributed by atoms with E-state index < -0.39 is 0 Å². The fraction of sp³-hybridized carbons (Fsp3) is 0.125. The van der Waals surface area contributed by atoms with Crippen LogP contribution in [0.4, 0.5) is 0 Å². The van der Waals surface area contributed by atoms with Crippen LogP contribution in [0.1, 0.15) is 0 Å². The molecule has 0 heterocycles. The van der Waals surface area contributed by atoms with Gasteiger partial charge in [0.25, 0.3) is 0 Å². The van der Waals surface area contributed by atoms with Gasteiger partial charge in [-0.05, 0) is 24.3 Å². The van der Waals surface area contributed by atoms with Crippen molar-refractivity contribution in [1.29, 1.82) is 0 Å². The number of rotatable bonds is 5. The van der Waals surface area contributed by atoms with Gasteiger partial charge >= 0.3 is 0 Å². The van der Waals surface area contributed by atoms with Gasteiger partial charge in [0.1, 0.15) is 0 Å². The molecule has 0 aliphatic heterocycles. The molecule has 2 N–H and O–H groups in total. The average molecular weight is 332 g/mol. The van der Waals surface area contributed by atoms with E-state index >= 15 is 0 Å². The van der Waals surface area contributed by atoms with Crippen LogP contribution in [0.5, 0.6) is 0 Å². The minimum atomic E-state index is -0.000182. The smallest absolute Gasteiger partial charge is 0.187 e. The van der Waals surface area contributed by atoms with Gasteiger partial charge in [-0.1, -0.05) is 24.3 Å². The van der Waals surface area contributed by atoms with Gasteiger partial charge in [0.2, 0.25) is 0 Å². The Bertz CT molecular complexity index is 529. The van der Waals surface area contributed by atoms with Crippen LogP contribution in [0.15, 0.2) is 72.2 Å². The Morgan fingerprint density at radius 2 is 1.10 bits per heavy atom. The Balaban J connectivity index is 0.00000220.